The lowest BCUT2D eigenvalue weighted by molar-refractivity contribution is 0.0703. The van der Waals surface area contributed by atoms with E-state index in [0.717, 1.165) is 53.9 Å². The average molecular weight is 457 g/mol. The molecule has 2 N–H and O–H groups in total. The van der Waals surface area contributed by atoms with Crippen molar-refractivity contribution in [2.24, 2.45) is 0 Å². The summed E-state index contributed by atoms with van der Waals surface area (Å²) >= 11 is 0. The molecule has 1 aliphatic rings. The number of hydrogen-bond donors (Lipinski definition) is 2. The second-order valence-electron chi connectivity index (χ2n) is 9.05. The second-order valence-corrected chi connectivity index (χ2v) is 9.05. The van der Waals surface area contributed by atoms with Crippen molar-refractivity contribution < 1.29 is 9.59 Å². The number of piperidine rings is 1. The van der Waals surface area contributed by atoms with E-state index in [4.69, 9.17) is 0 Å². The molecule has 34 heavy (non-hydrogen) atoms. The Balaban J connectivity index is 1.62. The van der Waals surface area contributed by atoms with E-state index in [1.807, 2.05) is 74.3 Å². The smallest absolute Gasteiger partial charge is 0.253 e. The van der Waals surface area contributed by atoms with Gasteiger partial charge in [0, 0.05) is 42.7 Å². The van der Waals surface area contributed by atoms with Crippen molar-refractivity contribution in [1.82, 2.24) is 20.5 Å². The number of nitrogens with one attached hydrogen (secondary N) is 2. The molecule has 1 saturated heterocycles. The van der Waals surface area contributed by atoms with Crippen LogP contribution in [0.15, 0.2) is 60.8 Å². The Morgan fingerprint density at radius 3 is 2.35 bits per heavy atom. The Kier molecular flexibility index (Phi) is 7.38. The lowest BCUT2D eigenvalue weighted by atomic mass is 9.97. The lowest BCUT2D eigenvalue weighted by Crippen LogP contribution is -2.44. The van der Waals surface area contributed by atoms with Crippen molar-refractivity contribution in [3.63, 3.8) is 0 Å². The fourth-order valence-electron chi connectivity index (χ4n) is 4.25. The third-order valence-electron chi connectivity index (χ3n) is 6.43. The highest BCUT2D eigenvalue weighted by Gasteiger charge is 2.24. The van der Waals surface area contributed by atoms with E-state index >= 15 is 0 Å². The van der Waals surface area contributed by atoms with Crippen molar-refractivity contribution in [3.05, 3.63) is 88.7 Å². The number of nitrogens with zero attached hydrogens (tertiary/aromatic N) is 2. The Morgan fingerprint density at radius 2 is 1.68 bits per heavy atom. The molecule has 4 rings (SSSR count). The number of aromatic nitrogens is 1. The summed E-state index contributed by atoms with van der Waals surface area (Å²) in [6.45, 7) is 6.16. The van der Waals surface area contributed by atoms with Crippen LogP contribution in [0.25, 0.3) is 11.1 Å². The van der Waals surface area contributed by atoms with Gasteiger partial charge in [-0.3, -0.25) is 14.6 Å². The molecule has 0 radical (unpaired) electrons. The largest absolute Gasteiger partial charge is 0.348 e. The normalized spacial score (nSPS) is 14.0. The van der Waals surface area contributed by atoms with Crippen molar-refractivity contribution in [1.29, 1.82) is 0 Å². The predicted molar refractivity (Wildman–Crippen MR) is 135 cm³/mol. The molecule has 1 aliphatic heterocycles. The molecule has 0 spiro atoms. The highest BCUT2D eigenvalue weighted by Crippen LogP contribution is 2.25. The highest BCUT2D eigenvalue weighted by atomic mass is 16.2. The van der Waals surface area contributed by atoms with E-state index in [0.29, 0.717) is 17.7 Å². The number of carbonyl (C=O) groups is 2. The first-order valence-corrected chi connectivity index (χ1v) is 11.8. The van der Waals surface area contributed by atoms with Gasteiger partial charge in [0.25, 0.3) is 11.8 Å². The van der Waals surface area contributed by atoms with Crippen LogP contribution in [0.5, 0.6) is 0 Å². The van der Waals surface area contributed by atoms with E-state index in [9.17, 15) is 9.59 Å². The minimum atomic E-state index is -0.215. The van der Waals surface area contributed by atoms with Crippen LogP contribution >= 0.6 is 0 Å². The SMILES string of the molecule is Cc1ccc(-c2cc(C(=O)NCc3ccc(C)nc3)cc(C(=O)N(C)C3CCNCC3)c2)cc1. The first-order chi connectivity index (χ1) is 16.4. The van der Waals surface area contributed by atoms with E-state index in [-0.39, 0.29) is 17.9 Å². The maximum absolute atomic E-state index is 13.4. The Hall–Kier alpha value is -3.51. The molecular formula is C28H32N4O2. The molecular weight excluding hydrogens is 424 g/mol. The molecule has 0 saturated carbocycles. The molecule has 0 bridgehead atoms. The number of aryl methyl sites for hydroxylation is 2. The number of carbonyl (C=O) groups excluding carboxylic acids is 2. The number of pyridine rings is 1. The predicted octanol–water partition coefficient (Wildman–Crippen LogP) is 4.12. The zero-order valence-electron chi connectivity index (χ0n) is 20.1. The zero-order valence-corrected chi connectivity index (χ0v) is 20.1. The fourth-order valence-corrected chi connectivity index (χ4v) is 4.25. The van der Waals surface area contributed by atoms with Gasteiger partial charge in [-0.25, -0.2) is 0 Å². The van der Waals surface area contributed by atoms with Crippen LogP contribution in [-0.2, 0) is 6.54 Å². The van der Waals surface area contributed by atoms with Crippen LogP contribution in [0.1, 0.15) is 50.4 Å². The van der Waals surface area contributed by atoms with Gasteiger partial charge >= 0.3 is 0 Å². The van der Waals surface area contributed by atoms with E-state index in [1.165, 1.54) is 0 Å². The summed E-state index contributed by atoms with van der Waals surface area (Å²) in [7, 11) is 1.86. The quantitative estimate of drug-likeness (QED) is 0.585. The Bertz CT molecular complexity index is 1150. The van der Waals surface area contributed by atoms with Gasteiger partial charge in [-0.1, -0.05) is 35.9 Å². The number of amides is 2. The van der Waals surface area contributed by atoms with E-state index in [1.54, 1.807) is 12.3 Å². The third-order valence-corrected chi connectivity index (χ3v) is 6.43. The van der Waals surface area contributed by atoms with Gasteiger partial charge < -0.3 is 15.5 Å². The Labute approximate surface area is 201 Å². The monoisotopic (exact) mass is 456 g/mol. The van der Waals surface area contributed by atoms with Crippen LogP contribution in [0.4, 0.5) is 0 Å². The van der Waals surface area contributed by atoms with Crippen LogP contribution in [0.3, 0.4) is 0 Å². The van der Waals surface area contributed by atoms with Crippen LogP contribution in [-0.4, -0.2) is 47.9 Å². The van der Waals surface area contributed by atoms with Crippen molar-refractivity contribution in [3.8, 4) is 11.1 Å². The maximum atomic E-state index is 13.4. The summed E-state index contributed by atoms with van der Waals surface area (Å²) in [5, 5.41) is 6.31. The van der Waals surface area contributed by atoms with Gasteiger partial charge in [0.1, 0.15) is 0 Å². The van der Waals surface area contributed by atoms with Gasteiger partial charge in [-0.2, -0.15) is 0 Å². The summed E-state index contributed by atoms with van der Waals surface area (Å²) in [5.74, 6) is -0.272. The van der Waals surface area contributed by atoms with Crippen molar-refractivity contribution >= 4 is 11.8 Å². The molecule has 2 amide bonds. The average Bonchev–Trinajstić information content (AvgIpc) is 2.88. The van der Waals surface area contributed by atoms with E-state index in [2.05, 4.69) is 15.6 Å². The number of hydrogen-bond acceptors (Lipinski definition) is 4. The standard InChI is InChI=1S/C28H32N4O2/c1-19-4-8-22(9-5-19)23-14-24(27(33)31-18-21-7-6-20(2)30-17-21)16-25(15-23)28(34)32(3)26-10-12-29-13-11-26/h4-9,14-17,26,29H,10-13,18H2,1-3H3,(H,31,33). The molecule has 0 atom stereocenters. The van der Waals surface area contributed by atoms with Gasteiger partial charge in [-0.15, -0.1) is 0 Å². The number of rotatable bonds is 6. The highest BCUT2D eigenvalue weighted by molar-refractivity contribution is 6.01. The molecule has 6 nitrogen and oxygen atoms in total. The molecule has 6 heteroatoms. The molecule has 176 valence electrons. The summed E-state index contributed by atoms with van der Waals surface area (Å²) in [4.78, 5) is 32.7. The first-order valence-electron chi connectivity index (χ1n) is 11.8. The molecule has 1 aromatic heterocycles. The van der Waals surface area contributed by atoms with Crippen LogP contribution in [0, 0.1) is 13.8 Å². The van der Waals surface area contributed by atoms with Gasteiger partial charge in [-0.05, 0) is 80.7 Å². The second kappa shape index (κ2) is 10.6. The molecule has 0 unspecified atom stereocenters. The zero-order chi connectivity index (χ0) is 24.1. The Morgan fingerprint density at radius 1 is 0.971 bits per heavy atom. The lowest BCUT2D eigenvalue weighted by Gasteiger charge is -2.32. The van der Waals surface area contributed by atoms with E-state index < -0.39 is 0 Å². The third kappa shape index (κ3) is 5.69. The van der Waals surface area contributed by atoms with Gasteiger partial charge in [0.15, 0.2) is 0 Å². The summed E-state index contributed by atoms with van der Waals surface area (Å²) in [6.07, 6.45) is 3.62. The summed E-state index contributed by atoms with van der Waals surface area (Å²) < 4.78 is 0. The fraction of sp³-hybridized carbons (Fsp3) is 0.321. The first kappa shape index (κ1) is 23.6. The molecule has 2 aromatic carbocycles. The van der Waals surface area contributed by atoms with Gasteiger partial charge in [0.05, 0.1) is 0 Å². The minimum Gasteiger partial charge on any atom is -0.348 e. The molecule has 2 heterocycles. The minimum absolute atomic E-state index is 0.0577. The van der Waals surface area contributed by atoms with Gasteiger partial charge in [0.2, 0.25) is 0 Å². The molecule has 0 aliphatic carbocycles. The summed E-state index contributed by atoms with van der Waals surface area (Å²) in [5.41, 5.74) is 5.85. The van der Waals surface area contributed by atoms with Crippen LogP contribution < -0.4 is 10.6 Å². The number of benzene rings is 2. The van der Waals surface area contributed by atoms with Crippen molar-refractivity contribution in [2.75, 3.05) is 20.1 Å². The molecule has 3 aromatic rings. The topological polar surface area (TPSA) is 74.3 Å². The maximum Gasteiger partial charge on any atom is 0.253 e. The van der Waals surface area contributed by atoms with Crippen LogP contribution in [0.2, 0.25) is 0 Å². The summed E-state index contributed by atoms with van der Waals surface area (Å²) in [6, 6.07) is 17.7. The molecule has 1 fully saturated rings. The van der Waals surface area contributed by atoms with Crippen molar-refractivity contribution in [2.45, 2.75) is 39.3 Å².